The first-order valence-corrected chi connectivity index (χ1v) is 5.55. The molecular weight excluding hydrogens is 196 g/mol. The number of carbonyl (C=O) groups is 1. The quantitative estimate of drug-likeness (QED) is 0.517. The van der Waals surface area contributed by atoms with E-state index in [0.29, 0.717) is 6.42 Å². The number of carbonyl (C=O) groups excluding carboxylic acids is 1. The summed E-state index contributed by atoms with van der Waals surface area (Å²) in [5, 5.41) is 0.740. The van der Waals surface area contributed by atoms with Crippen LogP contribution in [-0.2, 0) is 11.2 Å². The van der Waals surface area contributed by atoms with E-state index in [-0.39, 0.29) is 5.78 Å². The molecule has 14 heavy (non-hydrogen) atoms. The van der Waals surface area contributed by atoms with Gasteiger partial charge in [0.1, 0.15) is 0 Å². The van der Waals surface area contributed by atoms with E-state index in [1.165, 1.54) is 11.8 Å². The third-order valence-electron chi connectivity index (χ3n) is 2.15. The molecule has 0 saturated heterocycles. The Morgan fingerprint density at radius 1 is 1.36 bits per heavy atom. The molecular formula is C10H10N2OS. The smallest absolute Gasteiger partial charge is 0.187 e. The number of rotatable bonds is 1. The highest BCUT2D eigenvalue weighted by Gasteiger charge is 2.15. The summed E-state index contributed by atoms with van der Waals surface area (Å²) in [4.78, 5) is 19.8. The van der Waals surface area contributed by atoms with Gasteiger partial charge in [-0.15, -0.1) is 0 Å². The summed E-state index contributed by atoms with van der Waals surface area (Å²) in [6.45, 7) is 1.94. The van der Waals surface area contributed by atoms with Crippen molar-refractivity contribution in [2.75, 3.05) is 6.26 Å². The zero-order valence-electron chi connectivity index (χ0n) is 8.07. The van der Waals surface area contributed by atoms with Crippen LogP contribution in [0.5, 0.6) is 0 Å². The van der Waals surface area contributed by atoms with Gasteiger partial charge < -0.3 is 0 Å². The van der Waals surface area contributed by atoms with Gasteiger partial charge in [-0.25, -0.2) is 9.97 Å². The highest BCUT2D eigenvalue weighted by atomic mass is 32.2. The van der Waals surface area contributed by atoms with Crippen LogP contribution in [-0.4, -0.2) is 22.0 Å². The van der Waals surface area contributed by atoms with E-state index in [4.69, 9.17) is 0 Å². The number of allylic oxidation sites excluding steroid dienone is 1. The second-order valence-corrected chi connectivity index (χ2v) is 3.91. The minimum Gasteiger partial charge on any atom is -0.294 e. The minimum absolute atomic E-state index is 0.114. The Labute approximate surface area is 86.6 Å². The van der Waals surface area contributed by atoms with Crippen LogP contribution in [0.15, 0.2) is 11.2 Å². The van der Waals surface area contributed by atoms with Crippen molar-refractivity contribution >= 4 is 23.6 Å². The Kier molecular flexibility index (Phi) is 2.37. The van der Waals surface area contributed by atoms with Gasteiger partial charge in [0.25, 0.3) is 0 Å². The van der Waals surface area contributed by atoms with E-state index in [0.717, 1.165) is 22.1 Å². The summed E-state index contributed by atoms with van der Waals surface area (Å²) in [6, 6.07) is 0. The van der Waals surface area contributed by atoms with Crippen LogP contribution in [0.2, 0.25) is 0 Å². The average molecular weight is 206 g/mol. The summed E-state index contributed by atoms with van der Waals surface area (Å²) in [6.07, 6.45) is 5.74. The van der Waals surface area contributed by atoms with Crippen LogP contribution in [0, 0.1) is 6.92 Å². The van der Waals surface area contributed by atoms with E-state index in [1.807, 2.05) is 13.2 Å². The summed E-state index contributed by atoms with van der Waals surface area (Å²) < 4.78 is 0. The molecule has 1 aromatic rings. The Morgan fingerprint density at radius 2 is 2.14 bits per heavy atom. The minimum atomic E-state index is 0.114. The lowest BCUT2D eigenvalue weighted by Crippen LogP contribution is -2.10. The van der Waals surface area contributed by atoms with Gasteiger partial charge in [-0.1, -0.05) is 11.8 Å². The highest BCUT2D eigenvalue weighted by molar-refractivity contribution is 7.98. The van der Waals surface area contributed by atoms with Crippen molar-refractivity contribution in [1.29, 1.82) is 0 Å². The van der Waals surface area contributed by atoms with Gasteiger partial charge in [0, 0.05) is 11.3 Å². The van der Waals surface area contributed by atoms with E-state index in [2.05, 4.69) is 9.97 Å². The molecule has 1 aliphatic rings. The van der Waals surface area contributed by atoms with Crippen LogP contribution >= 0.6 is 11.8 Å². The molecule has 0 fully saturated rings. The molecule has 3 nitrogen and oxygen atoms in total. The van der Waals surface area contributed by atoms with Gasteiger partial charge in [0.05, 0.1) is 12.1 Å². The second-order valence-electron chi connectivity index (χ2n) is 3.13. The zero-order chi connectivity index (χ0) is 10.1. The Balaban J connectivity index is 2.56. The number of hydrogen-bond donors (Lipinski definition) is 0. The molecule has 0 unspecified atom stereocenters. The summed E-state index contributed by atoms with van der Waals surface area (Å²) >= 11 is 1.50. The number of aromatic nitrogens is 2. The van der Waals surface area contributed by atoms with Gasteiger partial charge in [-0.3, -0.25) is 4.79 Å². The van der Waals surface area contributed by atoms with Gasteiger partial charge in [0.15, 0.2) is 10.9 Å². The standard InChI is InChI=1S/C10H10N2OS/c1-6-8-4-3-7(13)5-9(8)12-10(11-6)14-2/h3-4H,5H2,1-2H3. The molecule has 0 spiro atoms. The fourth-order valence-electron chi connectivity index (χ4n) is 1.46. The molecule has 1 aromatic heterocycles. The van der Waals surface area contributed by atoms with Gasteiger partial charge in [0.2, 0.25) is 0 Å². The van der Waals surface area contributed by atoms with Crippen LogP contribution < -0.4 is 0 Å². The maximum atomic E-state index is 11.2. The van der Waals surface area contributed by atoms with Crippen molar-refractivity contribution in [3.05, 3.63) is 23.0 Å². The first-order valence-electron chi connectivity index (χ1n) is 4.33. The van der Waals surface area contributed by atoms with Crippen molar-refractivity contribution in [2.24, 2.45) is 0 Å². The SMILES string of the molecule is CSc1nc(C)c2c(n1)CC(=O)C=C2. The lowest BCUT2D eigenvalue weighted by molar-refractivity contribution is -0.114. The van der Waals surface area contributed by atoms with Crippen molar-refractivity contribution < 1.29 is 4.79 Å². The van der Waals surface area contributed by atoms with Gasteiger partial charge >= 0.3 is 0 Å². The molecule has 0 saturated carbocycles. The molecule has 0 aromatic carbocycles. The molecule has 0 bridgehead atoms. The third kappa shape index (κ3) is 1.57. The molecule has 0 atom stereocenters. The van der Waals surface area contributed by atoms with E-state index < -0.39 is 0 Å². The molecule has 0 N–H and O–H groups in total. The van der Waals surface area contributed by atoms with Crippen LogP contribution in [0.3, 0.4) is 0 Å². The monoisotopic (exact) mass is 206 g/mol. The normalized spacial score (nSPS) is 14.3. The summed E-state index contributed by atoms with van der Waals surface area (Å²) in [5.74, 6) is 0.114. The van der Waals surface area contributed by atoms with Crippen LogP contribution in [0.1, 0.15) is 17.0 Å². The molecule has 0 radical (unpaired) electrons. The Bertz CT molecular complexity index is 426. The zero-order valence-corrected chi connectivity index (χ0v) is 8.89. The maximum absolute atomic E-state index is 11.2. The first-order chi connectivity index (χ1) is 6.70. The van der Waals surface area contributed by atoms with Gasteiger partial charge in [-0.05, 0) is 25.3 Å². The van der Waals surface area contributed by atoms with Crippen LogP contribution in [0.4, 0.5) is 0 Å². The fourth-order valence-corrected chi connectivity index (χ4v) is 1.89. The predicted molar refractivity (Wildman–Crippen MR) is 56.3 cm³/mol. The number of thioether (sulfide) groups is 1. The number of aryl methyl sites for hydroxylation is 1. The predicted octanol–water partition coefficient (Wildman–Crippen LogP) is 1.65. The fraction of sp³-hybridized carbons (Fsp3) is 0.300. The molecule has 1 aliphatic carbocycles. The molecule has 1 heterocycles. The highest BCUT2D eigenvalue weighted by Crippen LogP contribution is 2.21. The van der Waals surface area contributed by atoms with E-state index in [9.17, 15) is 4.79 Å². The Hall–Kier alpha value is -1.16. The lowest BCUT2D eigenvalue weighted by atomic mass is 10.0. The molecule has 4 heteroatoms. The number of hydrogen-bond acceptors (Lipinski definition) is 4. The van der Waals surface area contributed by atoms with E-state index >= 15 is 0 Å². The molecule has 72 valence electrons. The number of ketones is 1. The van der Waals surface area contributed by atoms with Crippen molar-refractivity contribution in [3.8, 4) is 0 Å². The molecule has 2 rings (SSSR count). The van der Waals surface area contributed by atoms with Crippen molar-refractivity contribution in [1.82, 2.24) is 9.97 Å². The summed E-state index contributed by atoms with van der Waals surface area (Å²) in [7, 11) is 0. The van der Waals surface area contributed by atoms with Crippen molar-refractivity contribution in [3.63, 3.8) is 0 Å². The maximum Gasteiger partial charge on any atom is 0.187 e. The molecule has 0 amide bonds. The van der Waals surface area contributed by atoms with Crippen LogP contribution in [0.25, 0.3) is 6.08 Å². The summed E-state index contributed by atoms with van der Waals surface area (Å²) in [5.41, 5.74) is 2.81. The number of nitrogens with zero attached hydrogens (tertiary/aromatic N) is 2. The Morgan fingerprint density at radius 3 is 2.86 bits per heavy atom. The topological polar surface area (TPSA) is 42.9 Å². The lowest BCUT2D eigenvalue weighted by Gasteiger charge is -2.11. The largest absolute Gasteiger partial charge is 0.294 e. The van der Waals surface area contributed by atoms with E-state index in [1.54, 1.807) is 12.2 Å². The van der Waals surface area contributed by atoms with Crippen molar-refractivity contribution in [2.45, 2.75) is 18.5 Å². The molecule has 0 aliphatic heterocycles. The third-order valence-corrected chi connectivity index (χ3v) is 2.70. The first kappa shape index (κ1) is 9.40. The average Bonchev–Trinajstić information content (AvgIpc) is 2.16. The second kappa shape index (κ2) is 3.53. The number of fused-ring (bicyclic) bond motifs is 1. The van der Waals surface area contributed by atoms with Gasteiger partial charge in [-0.2, -0.15) is 0 Å².